The summed E-state index contributed by atoms with van der Waals surface area (Å²) in [6.07, 6.45) is 2.88. The van der Waals surface area contributed by atoms with Crippen LogP contribution in [0.3, 0.4) is 0 Å². The van der Waals surface area contributed by atoms with Crippen LogP contribution in [0.4, 0.5) is 4.79 Å². The summed E-state index contributed by atoms with van der Waals surface area (Å²) in [5.74, 6) is 0. The number of nitrogens with zero attached hydrogens (tertiary/aromatic N) is 1. The SMILES string of the molecule is CC(C)[Si](Sc1ccccc1CCCCN(C)C(=O)OC(C)(C)C)(C(C)C)C(C)C. The summed E-state index contributed by atoms with van der Waals surface area (Å²) >= 11 is 2.22. The molecule has 0 saturated heterocycles. The van der Waals surface area contributed by atoms with E-state index in [0.717, 1.165) is 42.4 Å². The van der Waals surface area contributed by atoms with Gasteiger partial charge >= 0.3 is 6.09 Å². The Morgan fingerprint density at radius 3 is 2.03 bits per heavy atom. The molecule has 0 fully saturated rings. The van der Waals surface area contributed by atoms with Gasteiger partial charge in [-0.2, -0.15) is 0 Å². The molecule has 0 saturated carbocycles. The van der Waals surface area contributed by atoms with Gasteiger partial charge in [-0.15, -0.1) is 11.2 Å². The van der Waals surface area contributed by atoms with Gasteiger partial charge in [0.1, 0.15) is 12.8 Å². The van der Waals surface area contributed by atoms with Crippen LogP contribution < -0.4 is 0 Å². The summed E-state index contributed by atoms with van der Waals surface area (Å²) < 4.78 is 5.44. The van der Waals surface area contributed by atoms with Crippen molar-refractivity contribution in [3.63, 3.8) is 0 Å². The van der Waals surface area contributed by atoms with Crippen molar-refractivity contribution in [3.05, 3.63) is 29.8 Å². The molecule has 5 heteroatoms. The van der Waals surface area contributed by atoms with Crippen molar-refractivity contribution in [2.75, 3.05) is 13.6 Å². The Kier molecular flexibility index (Phi) is 10.5. The Hall–Kier alpha value is -0.943. The second kappa shape index (κ2) is 11.6. The number of unbranched alkanes of at least 4 members (excludes halogenated alkanes) is 1. The maximum Gasteiger partial charge on any atom is 0.410 e. The molecule has 0 aliphatic heterocycles. The Balaban J connectivity index is 2.78. The highest BCUT2D eigenvalue weighted by Gasteiger charge is 2.44. The number of carbonyl (C=O) groups is 1. The minimum atomic E-state index is -1.56. The van der Waals surface area contributed by atoms with Gasteiger partial charge in [0.25, 0.3) is 0 Å². The fourth-order valence-electron chi connectivity index (χ4n) is 4.45. The van der Waals surface area contributed by atoms with Crippen molar-refractivity contribution in [2.45, 2.75) is 109 Å². The van der Waals surface area contributed by atoms with Gasteiger partial charge in [-0.05, 0) is 68.3 Å². The van der Waals surface area contributed by atoms with E-state index in [1.807, 2.05) is 27.8 Å². The predicted molar refractivity (Wildman–Crippen MR) is 135 cm³/mol. The first kappa shape index (κ1) is 27.1. The van der Waals surface area contributed by atoms with Crippen molar-refractivity contribution in [2.24, 2.45) is 0 Å². The summed E-state index contributed by atoms with van der Waals surface area (Å²) in [4.78, 5) is 15.3. The van der Waals surface area contributed by atoms with Crippen LogP contribution >= 0.6 is 11.2 Å². The summed E-state index contributed by atoms with van der Waals surface area (Å²) in [6, 6.07) is 8.96. The van der Waals surface area contributed by atoms with E-state index in [0.29, 0.717) is 0 Å². The van der Waals surface area contributed by atoms with Crippen LogP contribution in [-0.2, 0) is 11.2 Å². The summed E-state index contributed by atoms with van der Waals surface area (Å²) in [6.45, 7) is 21.0. The highest BCUT2D eigenvalue weighted by atomic mass is 32.4. The second-order valence-electron chi connectivity index (χ2n) is 10.4. The number of hydrogen-bond acceptors (Lipinski definition) is 3. The molecule has 1 amide bonds. The van der Waals surface area contributed by atoms with E-state index in [9.17, 15) is 4.79 Å². The maximum atomic E-state index is 12.1. The first-order valence-electron chi connectivity index (χ1n) is 11.5. The molecule has 0 atom stereocenters. The van der Waals surface area contributed by atoms with E-state index < -0.39 is 12.8 Å². The van der Waals surface area contributed by atoms with E-state index in [2.05, 4.69) is 77.0 Å². The van der Waals surface area contributed by atoms with Gasteiger partial charge in [0, 0.05) is 18.5 Å². The average Bonchev–Trinajstić information content (AvgIpc) is 2.61. The minimum absolute atomic E-state index is 0.236. The molecule has 1 aromatic rings. The molecule has 0 N–H and O–H groups in total. The monoisotopic (exact) mass is 451 g/mol. The van der Waals surface area contributed by atoms with Crippen LogP contribution in [0.25, 0.3) is 0 Å². The lowest BCUT2D eigenvalue weighted by atomic mass is 10.1. The molecule has 0 aliphatic carbocycles. The molecule has 0 bridgehead atoms. The van der Waals surface area contributed by atoms with E-state index >= 15 is 0 Å². The van der Waals surface area contributed by atoms with Gasteiger partial charge < -0.3 is 9.64 Å². The Morgan fingerprint density at radius 1 is 1.00 bits per heavy atom. The molecule has 172 valence electrons. The van der Waals surface area contributed by atoms with Crippen LogP contribution in [0.1, 0.15) is 80.7 Å². The molecular weight excluding hydrogens is 406 g/mol. The van der Waals surface area contributed by atoms with Gasteiger partial charge in [-0.3, -0.25) is 0 Å². The maximum absolute atomic E-state index is 12.1. The third kappa shape index (κ3) is 7.63. The van der Waals surface area contributed by atoms with Gasteiger partial charge in [-0.1, -0.05) is 59.7 Å². The Morgan fingerprint density at radius 2 is 1.53 bits per heavy atom. The first-order chi connectivity index (χ1) is 13.8. The van der Waals surface area contributed by atoms with Gasteiger partial charge in [0.05, 0.1) is 0 Å². The normalized spacial score (nSPS) is 12.7. The molecule has 1 aromatic carbocycles. The fourth-order valence-corrected chi connectivity index (χ4v) is 13.8. The molecule has 1 rings (SSSR count). The Bertz CT molecular complexity index is 646. The fraction of sp³-hybridized carbons (Fsp3) is 0.720. The Labute approximate surface area is 191 Å². The van der Waals surface area contributed by atoms with Gasteiger partial charge in [0.15, 0.2) is 0 Å². The van der Waals surface area contributed by atoms with Crippen molar-refractivity contribution >= 4 is 24.5 Å². The number of ether oxygens (including phenoxy) is 1. The van der Waals surface area contributed by atoms with Crippen LogP contribution in [0.15, 0.2) is 29.2 Å². The summed E-state index contributed by atoms with van der Waals surface area (Å²) in [7, 11) is 0.269. The lowest BCUT2D eigenvalue weighted by Crippen LogP contribution is -2.41. The smallest absolute Gasteiger partial charge is 0.410 e. The molecular formula is C25H45NO2SSi. The topological polar surface area (TPSA) is 29.5 Å². The average molecular weight is 452 g/mol. The third-order valence-electron chi connectivity index (χ3n) is 5.86. The zero-order valence-electron chi connectivity index (χ0n) is 21.0. The lowest BCUT2D eigenvalue weighted by molar-refractivity contribution is 0.0296. The van der Waals surface area contributed by atoms with Gasteiger partial charge in [0.2, 0.25) is 0 Å². The second-order valence-corrected chi connectivity index (χ2v) is 18.9. The number of carbonyl (C=O) groups excluding carboxylic acids is 1. The zero-order chi connectivity index (χ0) is 23.1. The molecule has 0 unspecified atom stereocenters. The van der Waals surface area contributed by atoms with Crippen molar-refractivity contribution < 1.29 is 9.53 Å². The van der Waals surface area contributed by atoms with Crippen molar-refractivity contribution in [1.29, 1.82) is 0 Å². The summed E-state index contributed by atoms with van der Waals surface area (Å²) in [5.41, 5.74) is 3.22. The number of aryl methyl sites for hydroxylation is 1. The van der Waals surface area contributed by atoms with Crippen LogP contribution in [0.5, 0.6) is 0 Å². The number of amides is 1. The highest BCUT2D eigenvalue weighted by molar-refractivity contribution is 8.29. The quantitative estimate of drug-likeness (QED) is 0.265. The number of benzene rings is 1. The van der Waals surface area contributed by atoms with Crippen LogP contribution in [0.2, 0.25) is 16.6 Å². The summed E-state index contributed by atoms with van der Waals surface area (Å²) in [5, 5.41) is 0. The molecule has 3 nitrogen and oxygen atoms in total. The molecule has 0 aromatic heterocycles. The van der Waals surface area contributed by atoms with Gasteiger partial charge in [-0.25, -0.2) is 4.79 Å². The number of rotatable bonds is 10. The first-order valence-corrected chi connectivity index (χ1v) is 15.3. The standard InChI is InChI=1S/C25H45NO2SSi/c1-19(2)30(20(3)4,21(5)6)29-23-17-12-11-15-22(23)16-13-14-18-26(10)24(27)28-25(7,8)9/h11-12,15,17,19-21H,13-14,16,18H2,1-10H3. The van der Waals surface area contributed by atoms with Crippen molar-refractivity contribution in [1.82, 2.24) is 4.90 Å². The molecule has 0 aliphatic rings. The highest BCUT2D eigenvalue weighted by Crippen LogP contribution is 2.52. The molecule has 0 heterocycles. The number of hydrogen-bond donors (Lipinski definition) is 0. The third-order valence-corrected chi connectivity index (χ3v) is 18.2. The van der Waals surface area contributed by atoms with E-state index in [1.165, 1.54) is 10.5 Å². The minimum Gasteiger partial charge on any atom is -0.444 e. The molecule has 0 spiro atoms. The van der Waals surface area contributed by atoms with E-state index in [1.54, 1.807) is 4.90 Å². The lowest BCUT2D eigenvalue weighted by Gasteiger charge is -2.42. The molecule has 0 radical (unpaired) electrons. The molecule has 30 heavy (non-hydrogen) atoms. The largest absolute Gasteiger partial charge is 0.444 e. The van der Waals surface area contributed by atoms with E-state index in [-0.39, 0.29) is 6.09 Å². The predicted octanol–water partition coefficient (Wildman–Crippen LogP) is 8.14. The van der Waals surface area contributed by atoms with E-state index in [4.69, 9.17) is 4.74 Å². The van der Waals surface area contributed by atoms with Crippen LogP contribution in [0, 0.1) is 0 Å². The van der Waals surface area contributed by atoms with Crippen molar-refractivity contribution in [3.8, 4) is 0 Å². The van der Waals surface area contributed by atoms with Crippen LogP contribution in [-0.4, -0.2) is 37.4 Å². The zero-order valence-corrected chi connectivity index (χ0v) is 22.9.